The molecule has 0 saturated heterocycles. The summed E-state index contributed by atoms with van der Waals surface area (Å²) in [4.78, 5) is 12.0. The van der Waals surface area contributed by atoms with Crippen molar-refractivity contribution < 1.29 is 13.2 Å². The third-order valence-corrected chi connectivity index (χ3v) is 5.30. The Morgan fingerprint density at radius 1 is 1.32 bits per heavy atom. The lowest BCUT2D eigenvalue weighted by Gasteiger charge is -2.09. The van der Waals surface area contributed by atoms with E-state index in [0.29, 0.717) is 18.1 Å². The molecule has 8 nitrogen and oxygen atoms in total. The van der Waals surface area contributed by atoms with Crippen LogP contribution in [-0.2, 0) is 21.2 Å². The van der Waals surface area contributed by atoms with Gasteiger partial charge in [-0.25, -0.2) is 13.6 Å². The molecule has 25 heavy (non-hydrogen) atoms. The number of rotatable bonds is 8. The highest BCUT2D eigenvalue weighted by molar-refractivity contribution is 7.99. The minimum Gasteiger partial charge on any atom is -0.355 e. The normalized spacial score (nSPS) is 11.7. The van der Waals surface area contributed by atoms with Gasteiger partial charge in [-0.3, -0.25) is 4.79 Å². The van der Waals surface area contributed by atoms with E-state index in [0.717, 1.165) is 5.56 Å². The number of aromatic nitrogens is 3. The minimum atomic E-state index is -3.68. The average molecular weight is 383 g/mol. The quantitative estimate of drug-likeness (QED) is 0.655. The highest BCUT2D eigenvalue weighted by atomic mass is 32.2. The van der Waals surface area contributed by atoms with Gasteiger partial charge in [0.05, 0.1) is 10.6 Å². The highest BCUT2D eigenvalue weighted by Gasteiger charge is 2.11. The minimum absolute atomic E-state index is 0.0750. The summed E-state index contributed by atoms with van der Waals surface area (Å²) in [6.07, 6.45) is 2.25. The molecule has 0 atom stereocenters. The maximum Gasteiger partial charge on any atom is 0.238 e. The van der Waals surface area contributed by atoms with Gasteiger partial charge in [0.15, 0.2) is 5.16 Å². The van der Waals surface area contributed by atoms with Crippen molar-refractivity contribution in [3.05, 3.63) is 36.2 Å². The maximum atomic E-state index is 11.9. The van der Waals surface area contributed by atoms with Crippen LogP contribution in [0.15, 0.2) is 40.6 Å². The zero-order valence-electron chi connectivity index (χ0n) is 14.0. The van der Waals surface area contributed by atoms with Gasteiger partial charge in [-0.05, 0) is 38.0 Å². The molecule has 136 valence electrons. The average Bonchev–Trinajstić information content (AvgIpc) is 3.01. The van der Waals surface area contributed by atoms with Crippen LogP contribution in [0.3, 0.4) is 0 Å². The van der Waals surface area contributed by atoms with Gasteiger partial charge < -0.3 is 9.88 Å². The fourth-order valence-electron chi connectivity index (χ4n) is 2.06. The molecule has 0 bridgehead atoms. The Hall–Kier alpha value is -1.91. The predicted octanol–water partition coefficient (Wildman–Crippen LogP) is 0.957. The van der Waals surface area contributed by atoms with E-state index >= 15 is 0 Å². The van der Waals surface area contributed by atoms with Crippen molar-refractivity contribution in [3.8, 4) is 0 Å². The van der Waals surface area contributed by atoms with Crippen LogP contribution in [0.1, 0.15) is 25.5 Å². The second-order valence-corrected chi connectivity index (χ2v) is 8.20. The van der Waals surface area contributed by atoms with Crippen molar-refractivity contribution >= 4 is 27.7 Å². The van der Waals surface area contributed by atoms with E-state index in [1.807, 2.05) is 18.4 Å². The number of carbonyl (C=O) groups excluding carboxylic acids is 1. The van der Waals surface area contributed by atoms with Crippen LogP contribution in [0.5, 0.6) is 0 Å². The Bertz CT molecular complexity index is 816. The summed E-state index contributed by atoms with van der Waals surface area (Å²) in [6.45, 7) is 4.51. The van der Waals surface area contributed by atoms with E-state index in [9.17, 15) is 13.2 Å². The Balaban J connectivity index is 1.76. The summed E-state index contributed by atoms with van der Waals surface area (Å²) in [5.74, 6) is 0.167. The van der Waals surface area contributed by atoms with Crippen LogP contribution in [0.25, 0.3) is 0 Å². The number of hydrogen-bond donors (Lipinski definition) is 2. The Kier molecular flexibility index (Phi) is 6.57. The zero-order valence-corrected chi connectivity index (χ0v) is 15.7. The lowest BCUT2D eigenvalue weighted by atomic mass is 10.1. The summed E-state index contributed by atoms with van der Waals surface area (Å²) in [6, 6.07) is 6.53. The van der Waals surface area contributed by atoms with E-state index in [2.05, 4.69) is 15.5 Å². The molecule has 0 aliphatic carbocycles. The third-order valence-electron chi connectivity index (χ3n) is 3.42. The van der Waals surface area contributed by atoms with E-state index in [1.165, 1.54) is 23.9 Å². The fraction of sp³-hybridized carbons (Fsp3) is 0.400. The lowest BCUT2D eigenvalue weighted by molar-refractivity contribution is -0.118. The largest absolute Gasteiger partial charge is 0.355 e. The Morgan fingerprint density at radius 3 is 2.60 bits per heavy atom. The van der Waals surface area contributed by atoms with Crippen LogP contribution in [-0.4, -0.2) is 41.4 Å². The summed E-state index contributed by atoms with van der Waals surface area (Å²) in [5.41, 5.74) is 0.917. The van der Waals surface area contributed by atoms with Crippen LogP contribution in [0.2, 0.25) is 0 Å². The molecule has 0 aliphatic heterocycles. The second kappa shape index (κ2) is 8.45. The number of thioether (sulfide) groups is 1. The van der Waals surface area contributed by atoms with Gasteiger partial charge in [-0.2, -0.15) is 0 Å². The fourth-order valence-corrected chi connectivity index (χ4v) is 3.45. The third kappa shape index (κ3) is 5.83. The molecule has 2 aromatic rings. The van der Waals surface area contributed by atoms with Crippen molar-refractivity contribution in [2.45, 2.75) is 36.4 Å². The SMILES string of the molecule is CC(C)n1cnnc1SCC(=O)NCCc1ccc(S(N)(=O)=O)cc1. The number of nitrogens with zero attached hydrogens (tertiary/aromatic N) is 3. The first-order valence-electron chi connectivity index (χ1n) is 7.68. The smallest absolute Gasteiger partial charge is 0.238 e. The molecule has 0 aliphatic rings. The molecule has 1 heterocycles. The van der Waals surface area contributed by atoms with Gasteiger partial charge in [0.25, 0.3) is 0 Å². The van der Waals surface area contributed by atoms with Gasteiger partial charge in [-0.15, -0.1) is 10.2 Å². The second-order valence-electron chi connectivity index (χ2n) is 5.69. The zero-order chi connectivity index (χ0) is 18.4. The molecule has 1 aromatic carbocycles. The van der Waals surface area contributed by atoms with Gasteiger partial charge >= 0.3 is 0 Å². The Labute approximate surface area is 151 Å². The number of nitrogens with one attached hydrogen (secondary N) is 1. The van der Waals surface area contributed by atoms with E-state index in [4.69, 9.17) is 5.14 Å². The van der Waals surface area contributed by atoms with Crippen LogP contribution in [0.4, 0.5) is 0 Å². The van der Waals surface area contributed by atoms with Gasteiger partial charge in [0.2, 0.25) is 15.9 Å². The molecule has 10 heteroatoms. The summed E-state index contributed by atoms with van der Waals surface area (Å²) >= 11 is 1.34. The number of benzene rings is 1. The van der Waals surface area contributed by atoms with Crippen molar-refractivity contribution in [1.82, 2.24) is 20.1 Å². The molecule has 0 unspecified atom stereocenters. The highest BCUT2D eigenvalue weighted by Crippen LogP contribution is 2.18. The van der Waals surface area contributed by atoms with Crippen LogP contribution in [0, 0.1) is 0 Å². The number of sulfonamides is 1. The van der Waals surface area contributed by atoms with Crippen LogP contribution >= 0.6 is 11.8 Å². The number of hydrogen-bond acceptors (Lipinski definition) is 6. The van der Waals surface area contributed by atoms with Crippen molar-refractivity contribution in [2.75, 3.05) is 12.3 Å². The maximum absolute atomic E-state index is 11.9. The number of carbonyl (C=O) groups is 1. The van der Waals surface area contributed by atoms with E-state index < -0.39 is 10.0 Å². The topological polar surface area (TPSA) is 120 Å². The molecule has 3 N–H and O–H groups in total. The standard InChI is InChI=1S/C15H21N5O3S2/c1-11(2)20-10-18-19-15(20)24-9-14(21)17-8-7-12-3-5-13(6-4-12)25(16,22)23/h3-6,10-11H,7-9H2,1-2H3,(H,17,21)(H2,16,22,23). The monoisotopic (exact) mass is 383 g/mol. The number of nitrogens with two attached hydrogens (primary N) is 1. The van der Waals surface area contributed by atoms with Gasteiger partial charge in [-0.1, -0.05) is 23.9 Å². The molecule has 0 spiro atoms. The summed E-state index contributed by atoms with van der Waals surface area (Å²) < 4.78 is 24.3. The number of primary sulfonamides is 1. The van der Waals surface area contributed by atoms with Gasteiger partial charge in [0, 0.05) is 12.6 Å². The summed E-state index contributed by atoms with van der Waals surface area (Å²) in [7, 11) is -3.68. The molecule has 2 rings (SSSR count). The molecule has 1 amide bonds. The molecule has 1 aromatic heterocycles. The molecule has 0 radical (unpaired) electrons. The van der Waals surface area contributed by atoms with Gasteiger partial charge in [0.1, 0.15) is 6.33 Å². The Morgan fingerprint density at radius 2 is 2.00 bits per heavy atom. The first kappa shape index (κ1) is 19.4. The molecular weight excluding hydrogens is 362 g/mol. The van der Waals surface area contributed by atoms with Crippen LogP contribution < -0.4 is 10.5 Å². The van der Waals surface area contributed by atoms with E-state index in [-0.39, 0.29) is 22.6 Å². The predicted molar refractivity (Wildman–Crippen MR) is 95.7 cm³/mol. The van der Waals surface area contributed by atoms with Crippen molar-refractivity contribution in [1.29, 1.82) is 0 Å². The first-order chi connectivity index (χ1) is 11.8. The van der Waals surface area contributed by atoms with Crippen molar-refractivity contribution in [2.24, 2.45) is 5.14 Å². The molecular formula is C15H21N5O3S2. The van der Waals surface area contributed by atoms with Crippen molar-refractivity contribution in [3.63, 3.8) is 0 Å². The van der Waals surface area contributed by atoms with E-state index in [1.54, 1.807) is 18.5 Å². The molecule has 0 fully saturated rings. The summed E-state index contributed by atoms with van der Waals surface area (Å²) in [5, 5.41) is 16.4. The number of amides is 1. The molecule has 0 saturated carbocycles. The lowest BCUT2D eigenvalue weighted by Crippen LogP contribution is -2.27. The first-order valence-corrected chi connectivity index (χ1v) is 10.2.